The van der Waals surface area contributed by atoms with Crippen LogP contribution in [0.15, 0.2) is 52.9 Å². The summed E-state index contributed by atoms with van der Waals surface area (Å²) < 4.78 is 3.20. The molecule has 2 aromatic heterocycles. The molecule has 0 unspecified atom stereocenters. The standard InChI is InChI=1S/C16H13N3OS/c1-18-16(20)14-9-15-13(7-8-21-15)19(14)10-12(17-18)11-5-3-2-4-6-11/h2-9H,10H2,1H3. The molecule has 0 aliphatic carbocycles. The van der Waals surface area contributed by atoms with Gasteiger partial charge in [0.1, 0.15) is 5.69 Å². The Morgan fingerprint density at radius 2 is 2.00 bits per heavy atom. The number of hydrogen-bond acceptors (Lipinski definition) is 3. The van der Waals surface area contributed by atoms with Crippen molar-refractivity contribution < 1.29 is 4.79 Å². The van der Waals surface area contributed by atoms with E-state index in [1.807, 2.05) is 36.4 Å². The third-order valence-corrected chi connectivity index (χ3v) is 4.57. The molecule has 3 heterocycles. The first-order valence-corrected chi connectivity index (χ1v) is 7.60. The Bertz CT molecular complexity index is 860. The first-order chi connectivity index (χ1) is 10.2. The van der Waals surface area contributed by atoms with E-state index in [2.05, 4.69) is 21.1 Å². The lowest BCUT2D eigenvalue weighted by atomic mass is 10.1. The maximum Gasteiger partial charge on any atom is 0.290 e. The van der Waals surface area contributed by atoms with Crippen LogP contribution in [0.3, 0.4) is 0 Å². The van der Waals surface area contributed by atoms with Gasteiger partial charge in [0.05, 0.1) is 22.5 Å². The molecule has 0 saturated carbocycles. The van der Waals surface area contributed by atoms with Crippen LogP contribution in [-0.4, -0.2) is 28.2 Å². The summed E-state index contributed by atoms with van der Waals surface area (Å²) in [5.41, 5.74) is 3.74. The van der Waals surface area contributed by atoms with E-state index in [1.165, 1.54) is 5.01 Å². The van der Waals surface area contributed by atoms with Gasteiger partial charge in [-0.15, -0.1) is 11.3 Å². The van der Waals surface area contributed by atoms with E-state index >= 15 is 0 Å². The van der Waals surface area contributed by atoms with Gasteiger partial charge in [-0.2, -0.15) is 5.10 Å². The second kappa shape index (κ2) is 4.56. The summed E-state index contributed by atoms with van der Waals surface area (Å²) in [4.78, 5) is 12.5. The fourth-order valence-corrected chi connectivity index (χ4v) is 3.50. The summed E-state index contributed by atoms with van der Waals surface area (Å²) >= 11 is 1.66. The summed E-state index contributed by atoms with van der Waals surface area (Å²) in [6.07, 6.45) is 0. The van der Waals surface area contributed by atoms with Crippen LogP contribution in [0.25, 0.3) is 10.2 Å². The molecule has 0 saturated heterocycles. The van der Waals surface area contributed by atoms with Gasteiger partial charge >= 0.3 is 0 Å². The Hall–Kier alpha value is -2.40. The average molecular weight is 295 g/mol. The number of nitrogens with zero attached hydrogens (tertiary/aromatic N) is 3. The topological polar surface area (TPSA) is 37.6 Å². The number of rotatable bonds is 1. The number of thiophene rings is 1. The van der Waals surface area contributed by atoms with Gasteiger partial charge < -0.3 is 4.57 Å². The number of fused-ring (bicyclic) bond motifs is 3. The van der Waals surface area contributed by atoms with Crippen molar-refractivity contribution in [3.8, 4) is 0 Å². The third-order valence-electron chi connectivity index (χ3n) is 3.72. The van der Waals surface area contributed by atoms with E-state index in [4.69, 9.17) is 0 Å². The molecule has 0 N–H and O–H groups in total. The highest BCUT2D eigenvalue weighted by molar-refractivity contribution is 7.17. The van der Waals surface area contributed by atoms with E-state index in [1.54, 1.807) is 18.4 Å². The lowest BCUT2D eigenvalue weighted by molar-refractivity contribution is 0.0794. The fourth-order valence-electron chi connectivity index (χ4n) is 2.68. The Kier molecular flexibility index (Phi) is 2.68. The molecular weight excluding hydrogens is 282 g/mol. The van der Waals surface area contributed by atoms with E-state index in [0.29, 0.717) is 12.2 Å². The van der Waals surface area contributed by atoms with Gasteiger partial charge in [-0.1, -0.05) is 30.3 Å². The molecular formula is C16H13N3OS. The second-order valence-electron chi connectivity index (χ2n) is 5.03. The van der Waals surface area contributed by atoms with Crippen LogP contribution >= 0.6 is 11.3 Å². The molecule has 0 atom stereocenters. The Morgan fingerprint density at radius 3 is 2.81 bits per heavy atom. The molecule has 21 heavy (non-hydrogen) atoms. The van der Waals surface area contributed by atoms with Crippen molar-refractivity contribution in [3.05, 3.63) is 59.1 Å². The molecule has 1 aromatic carbocycles. The number of hydrazone groups is 1. The van der Waals surface area contributed by atoms with Crippen LogP contribution in [0.2, 0.25) is 0 Å². The predicted molar refractivity (Wildman–Crippen MR) is 84.9 cm³/mol. The zero-order valence-electron chi connectivity index (χ0n) is 11.5. The Balaban J connectivity index is 1.91. The number of amides is 1. The van der Waals surface area contributed by atoms with Crippen molar-refractivity contribution in [2.24, 2.45) is 5.10 Å². The van der Waals surface area contributed by atoms with Crippen molar-refractivity contribution in [3.63, 3.8) is 0 Å². The predicted octanol–water partition coefficient (Wildman–Crippen LogP) is 3.19. The van der Waals surface area contributed by atoms with Gasteiger partial charge in [-0.25, -0.2) is 5.01 Å². The van der Waals surface area contributed by atoms with Gasteiger partial charge in [0, 0.05) is 7.05 Å². The number of carbonyl (C=O) groups is 1. The zero-order valence-corrected chi connectivity index (χ0v) is 12.3. The highest BCUT2D eigenvalue weighted by Gasteiger charge is 2.24. The average Bonchev–Trinajstić information content (AvgIpc) is 3.06. The summed E-state index contributed by atoms with van der Waals surface area (Å²) in [5.74, 6) is -0.0654. The van der Waals surface area contributed by atoms with Gasteiger partial charge in [0.2, 0.25) is 0 Å². The molecule has 4 nitrogen and oxygen atoms in total. The minimum Gasteiger partial charge on any atom is -0.330 e. The van der Waals surface area contributed by atoms with Crippen molar-refractivity contribution >= 4 is 33.2 Å². The zero-order chi connectivity index (χ0) is 14.4. The van der Waals surface area contributed by atoms with Crippen LogP contribution in [0.5, 0.6) is 0 Å². The van der Waals surface area contributed by atoms with E-state index in [-0.39, 0.29) is 5.91 Å². The summed E-state index contributed by atoms with van der Waals surface area (Å²) in [6, 6.07) is 14.0. The quantitative estimate of drug-likeness (QED) is 0.679. The van der Waals surface area contributed by atoms with E-state index in [9.17, 15) is 4.79 Å². The van der Waals surface area contributed by atoms with Crippen LogP contribution in [0, 0.1) is 0 Å². The smallest absolute Gasteiger partial charge is 0.290 e. The molecule has 1 aliphatic heterocycles. The maximum atomic E-state index is 12.5. The minimum atomic E-state index is -0.0654. The van der Waals surface area contributed by atoms with Gasteiger partial charge in [-0.3, -0.25) is 4.79 Å². The summed E-state index contributed by atoms with van der Waals surface area (Å²) in [5, 5.41) is 7.98. The first kappa shape index (κ1) is 12.3. The lowest BCUT2D eigenvalue weighted by Crippen LogP contribution is -2.21. The Morgan fingerprint density at radius 1 is 1.19 bits per heavy atom. The van der Waals surface area contributed by atoms with E-state index in [0.717, 1.165) is 21.5 Å². The third kappa shape index (κ3) is 1.89. The van der Waals surface area contributed by atoms with Gasteiger partial charge in [0.15, 0.2) is 0 Å². The molecule has 5 heteroatoms. The molecule has 104 valence electrons. The first-order valence-electron chi connectivity index (χ1n) is 6.72. The van der Waals surface area contributed by atoms with Crippen LogP contribution in [0.1, 0.15) is 16.1 Å². The molecule has 0 bridgehead atoms. The largest absolute Gasteiger partial charge is 0.330 e. The lowest BCUT2D eigenvalue weighted by Gasteiger charge is -2.09. The number of hydrogen-bond donors (Lipinski definition) is 0. The van der Waals surface area contributed by atoms with Crippen LogP contribution in [0.4, 0.5) is 0 Å². The molecule has 4 rings (SSSR count). The molecule has 0 radical (unpaired) electrons. The van der Waals surface area contributed by atoms with Gasteiger partial charge in [0.25, 0.3) is 5.91 Å². The molecule has 0 spiro atoms. The molecule has 0 fully saturated rings. The Labute approximate surface area is 125 Å². The highest BCUT2D eigenvalue weighted by Crippen LogP contribution is 2.27. The molecule has 3 aromatic rings. The summed E-state index contributed by atoms with van der Waals surface area (Å²) in [7, 11) is 1.71. The second-order valence-corrected chi connectivity index (χ2v) is 5.97. The number of aromatic nitrogens is 1. The fraction of sp³-hybridized carbons (Fsp3) is 0.125. The number of carbonyl (C=O) groups excluding carboxylic acids is 1. The maximum absolute atomic E-state index is 12.5. The SMILES string of the molecule is CN1N=C(c2ccccc2)Cn2c(cc3sccc32)C1=O. The van der Waals surface area contributed by atoms with Crippen molar-refractivity contribution in [1.82, 2.24) is 9.58 Å². The van der Waals surface area contributed by atoms with E-state index < -0.39 is 0 Å². The summed E-state index contributed by atoms with van der Waals surface area (Å²) in [6.45, 7) is 0.607. The van der Waals surface area contributed by atoms with Gasteiger partial charge in [-0.05, 0) is 23.1 Å². The van der Waals surface area contributed by atoms with Crippen molar-refractivity contribution in [1.29, 1.82) is 0 Å². The minimum absolute atomic E-state index is 0.0654. The molecule has 1 amide bonds. The number of benzene rings is 1. The van der Waals surface area contributed by atoms with Crippen LogP contribution in [-0.2, 0) is 6.54 Å². The van der Waals surface area contributed by atoms with Crippen molar-refractivity contribution in [2.75, 3.05) is 7.05 Å². The highest BCUT2D eigenvalue weighted by atomic mass is 32.1. The van der Waals surface area contributed by atoms with Crippen LogP contribution < -0.4 is 0 Å². The van der Waals surface area contributed by atoms with Crippen molar-refractivity contribution in [2.45, 2.75) is 6.54 Å². The molecule has 1 aliphatic rings. The normalized spacial score (nSPS) is 15.0. The monoisotopic (exact) mass is 295 g/mol.